The SMILES string of the molecule is O=C(COC(=O)c1ccccc1Cc1ccccc1)NCC(=O)Nc1ccccc1Br. The average Bonchev–Trinajstić information content (AvgIpc) is 2.78. The van der Waals surface area contributed by atoms with Gasteiger partial charge >= 0.3 is 5.97 Å². The molecule has 2 N–H and O–H groups in total. The van der Waals surface area contributed by atoms with E-state index in [1.54, 1.807) is 30.3 Å². The second kappa shape index (κ2) is 11.1. The van der Waals surface area contributed by atoms with Crippen molar-refractivity contribution in [2.75, 3.05) is 18.5 Å². The minimum absolute atomic E-state index is 0.234. The number of carbonyl (C=O) groups is 3. The van der Waals surface area contributed by atoms with E-state index in [0.717, 1.165) is 15.6 Å². The van der Waals surface area contributed by atoms with Crippen LogP contribution in [0.2, 0.25) is 0 Å². The summed E-state index contributed by atoms with van der Waals surface area (Å²) in [6.45, 7) is -0.705. The van der Waals surface area contributed by atoms with Gasteiger partial charge in [-0.05, 0) is 51.7 Å². The molecule has 3 rings (SSSR count). The summed E-state index contributed by atoms with van der Waals surface area (Å²) >= 11 is 3.33. The monoisotopic (exact) mass is 480 g/mol. The fourth-order valence-corrected chi connectivity index (χ4v) is 3.27. The van der Waals surface area contributed by atoms with Gasteiger partial charge in [0.25, 0.3) is 5.91 Å². The Bertz CT molecular complexity index is 1070. The minimum atomic E-state index is -0.584. The summed E-state index contributed by atoms with van der Waals surface area (Å²) < 4.78 is 5.88. The standard InChI is InChI=1S/C24H21BrN2O4/c25-20-12-6-7-13-21(20)27-22(28)15-26-23(29)16-31-24(30)19-11-5-4-10-18(19)14-17-8-2-1-3-9-17/h1-13H,14-16H2,(H,26,29)(H,27,28). The minimum Gasteiger partial charge on any atom is -0.452 e. The quantitative estimate of drug-likeness (QED) is 0.478. The zero-order valence-corrected chi connectivity index (χ0v) is 18.2. The highest BCUT2D eigenvalue weighted by molar-refractivity contribution is 9.10. The van der Waals surface area contributed by atoms with Gasteiger partial charge in [-0.2, -0.15) is 0 Å². The maximum Gasteiger partial charge on any atom is 0.338 e. The van der Waals surface area contributed by atoms with Gasteiger partial charge < -0.3 is 15.4 Å². The molecule has 0 saturated heterocycles. The molecule has 0 saturated carbocycles. The molecule has 0 aliphatic rings. The number of halogens is 1. The van der Waals surface area contributed by atoms with Gasteiger partial charge in [-0.25, -0.2) is 4.79 Å². The lowest BCUT2D eigenvalue weighted by Gasteiger charge is -2.11. The van der Waals surface area contributed by atoms with Crippen LogP contribution in [0.25, 0.3) is 0 Å². The molecular weight excluding hydrogens is 460 g/mol. The number of benzene rings is 3. The number of esters is 1. The van der Waals surface area contributed by atoms with Crippen molar-refractivity contribution in [3.8, 4) is 0 Å². The molecule has 0 unspecified atom stereocenters. The Hall–Kier alpha value is -3.45. The number of ether oxygens (including phenoxy) is 1. The van der Waals surface area contributed by atoms with E-state index in [2.05, 4.69) is 26.6 Å². The van der Waals surface area contributed by atoms with Crippen LogP contribution >= 0.6 is 15.9 Å². The third kappa shape index (κ3) is 6.79. The molecule has 0 aliphatic heterocycles. The molecule has 0 bridgehead atoms. The van der Waals surface area contributed by atoms with Crippen molar-refractivity contribution < 1.29 is 19.1 Å². The van der Waals surface area contributed by atoms with Crippen molar-refractivity contribution >= 4 is 39.4 Å². The Kier molecular flexibility index (Phi) is 7.95. The van der Waals surface area contributed by atoms with E-state index in [0.29, 0.717) is 17.7 Å². The Morgan fingerprint density at radius 3 is 2.26 bits per heavy atom. The molecule has 31 heavy (non-hydrogen) atoms. The lowest BCUT2D eigenvalue weighted by atomic mass is 10.00. The normalized spacial score (nSPS) is 10.2. The first-order valence-electron chi connectivity index (χ1n) is 9.63. The molecule has 3 aromatic carbocycles. The predicted octanol–water partition coefficient (Wildman–Crippen LogP) is 3.95. The molecule has 0 fully saturated rings. The second-order valence-electron chi connectivity index (χ2n) is 6.70. The number of hydrogen-bond donors (Lipinski definition) is 2. The van der Waals surface area contributed by atoms with Crippen LogP contribution < -0.4 is 10.6 Å². The molecular formula is C24H21BrN2O4. The van der Waals surface area contributed by atoms with E-state index in [-0.39, 0.29) is 12.5 Å². The Morgan fingerprint density at radius 2 is 1.48 bits per heavy atom. The highest BCUT2D eigenvalue weighted by atomic mass is 79.9. The van der Waals surface area contributed by atoms with Crippen LogP contribution in [0, 0.1) is 0 Å². The largest absolute Gasteiger partial charge is 0.452 e. The fourth-order valence-electron chi connectivity index (χ4n) is 2.89. The molecule has 0 aromatic heterocycles. The molecule has 158 valence electrons. The lowest BCUT2D eigenvalue weighted by molar-refractivity contribution is -0.126. The predicted molar refractivity (Wildman–Crippen MR) is 122 cm³/mol. The Labute approximate surface area is 188 Å². The molecule has 0 aliphatic carbocycles. The third-order valence-electron chi connectivity index (χ3n) is 4.40. The first-order valence-corrected chi connectivity index (χ1v) is 10.4. The van der Waals surface area contributed by atoms with Crippen LogP contribution in [-0.4, -0.2) is 30.9 Å². The van der Waals surface area contributed by atoms with Gasteiger partial charge in [-0.15, -0.1) is 0 Å². The van der Waals surface area contributed by atoms with Crippen molar-refractivity contribution in [2.45, 2.75) is 6.42 Å². The second-order valence-corrected chi connectivity index (χ2v) is 7.55. The maximum absolute atomic E-state index is 12.5. The van der Waals surface area contributed by atoms with Gasteiger partial charge in [-0.1, -0.05) is 60.7 Å². The highest BCUT2D eigenvalue weighted by Gasteiger charge is 2.15. The number of amides is 2. The zero-order chi connectivity index (χ0) is 22.1. The van der Waals surface area contributed by atoms with Crippen LogP contribution in [-0.2, 0) is 20.7 Å². The van der Waals surface area contributed by atoms with Crippen molar-refractivity contribution in [2.24, 2.45) is 0 Å². The number of rotatable bonds is 8. The van der Waals surface area contributed by atoms with Gasteiger partial charge in [0, 0.05) is 4.47 Å². The van der Waals surface area contributed by atoms with Crippen LogP contribution in [0.15, 0.2) is 83.3 Å². The summed E-state index contributed by atoms with van der Waals surface area (Å²) in [6, 6.07) is 24.0. The van der Waals surface area contributed by atoms with Crippen LogP contribution in [0.3, 0.4) is 0 Å². The van der Waals surface area contributed by atoms with Crippen molar-refractivity contribution in [3.05, 3.63) is 100 Å². The van der Waals surface area contributed by atoms with E-state index in [1.807, 2.05) is 48.5 Å². The number of anilines is 1. The first kappa shape index (κ1) is 22.2. The molecule has 7 heteroatoms. The van der Waals surface area contributed by atoms with E-state index in [1.165, 1.54) is 0 Å². The van der Waals surface area contributed by atoms with Crippen LogP contribution in [0.1, 0.15) is 21.5 Å². The summed E-state index contributed by atoms with van der Waals surface area (Å²) in [5.74, 6) is -1.53. The molecule has 0 spiro atoms. The van der Waals surface area contributed by atoms with E-state index >= 15 is 0 Å². The smallest absolute Gasteiger partial charge is 0.338 e. The summed E-state index contributed by atoms with van der Waals surface area (Å²) in [4.78, 5) is 36.5. The molecule has 6 nitrogen and oxygen atoms in total. The number of nitrogens with one attached hydrogen (secondary N) is 2. The third-order valence-corrected chi connectivity index (χ3v) is 5.09. The lowest BCUT2D eigenvalue weighted by Crippen LogP contribution is -2.35. The summed E-state index contributed by atoms with van der Waals surface area (Å²) in [5.41, 5.74) is 2.89. The van der Waals surface area contributed by atoms with Crippen LogP contribution in [0.4, 0.5) is 5.69 Å². The number of hydrogen-bond acceptors (Lipinski definition) is 4. The average molecular weight is 481 g/mol. The number of carbonyl (C=O) groups excluding carboxylic acids is 3. The van der Waals surface area contributed by atoms with Gasteiger partial charge in [0.15, 0.2) is 6.61 Å². The van der Waals surface area contributed by atoms with Gasteiger partial charge in [0.05, 0.1) is 17.8 Å². The van der Waals surface area contributed by atoms with Gasteiger partial charge in [0.1, 0.15) is 0 Å². The molecule has 2 amide bonds. The number of para-hydroxylation sites is 1. The Morgan fingerprint density at radius 1 is 0.806 bits per heavy atom. The van der Waals surface area contributed by atoms with Gasteiger partial charge in [-0.3, -0.25) is 9.59 Å². The topological polar surface area (TPSA) is 84.5 Å². The molecule has 0 atom stereocenters. The highest BCUT2D eigenvalue weighted by Crippen LogP contribution is 2.20. The summed E-state index contributed by atoms with van der Waals surface area (Å²) in [6.07, 6.45) is 0.577. The zero-order valence-electron chi connectivity index (χ0n) is 16.6. The van der Waals surface area contributed by atoms with E-state index in [9.17, 15) is 14.4 Å². The van der Waals surface area contributed by atoms with Crippen LogP contribution in [0.5, 0.6) is 0 Å². The van der Waals surface area contributed by atoms with Crippen molar-refractivity contribution in [3.63, 3.8) is 0 Å². The van der Waals surface area contributed by atoms with Gasteiger partial charge in [0.2, 0.25) is 5.91 Å². The van der Waals surface area contributed by atoms with E-state index in [4.69, 9.17) is 4.74 Å². The summed E-state index contributed by atoms with van der Waals surface area (Å²) in [5, 5.41) is 5.12. The van der Waals surface area contributed by atoms with Crippen molar-refractivity contribution in [1.82, 2.24) is 5.32 Å². The van der Waals surface area contributed by atoms with E-state index < -0.39 is 18.5 Å². The molecule has 0 heterocycles. The summed E-state index contributed by atoms with van der Waals surface area (Å²) in [7, 11) is 0. The maximum atomic E-state index is 12.5. The van der Waals surface area contributed by atoms with Crippen molar-refractivity contribution in [1.29, 1.82) is 0 Å². The first-order chi connectivity index (χ1) is 15.0. The fraction of sp³-hybridized carbons (Fsp3) is 0.125. The Balaban J connectivity index is 1.49. The molecule has 3 aromatic rings. The molecule has 0 radical (unpaired) electrons.